The third kappa shape index (κ3) is 4.64. The first-order valence-corrected chi connectivity index (χ1v) is 11.1. The van der Waals surface area contributed by atoms with Crippen LogP contribution in [0.5, 0.6) is 11.5 Å². The molecule has 1 aliphatic rings. The highest BCUT2D eigenvalue weighted by Gasteiger charge is 2.46. The number of hydrogen-bond donors (Lipinski definition) is 1. The van der Waals surface area contributed by atoms with E-state index in [4.69, 9.17) is 9.47 Å². The SMILES string of the molecule is CCCOc1cccc(C2C(=C(O)c3ccc(OC)cc3)C(=O)C(=O)N2Cc2cccnc2)c1. The van der Waals surface area contributed by atoms with Crippen LogP contribution >= 0.6 is 0 Å². The smallest absolute Gasteiger partial charge is 0.295 e. The van der Waals surface area contributed by atoms with Gasteiger partial charge in [-0.25, -0.2) is 0 Å². The fraction of sp³-hybridized carbons (Fsp3) is 0.222. The molecule has 7 nitrogen and oxygen atoms in total. The van der Waals surface area contributed by atoms with Crippen LogP contribution in [0.25, 0.3) is 5.76 Å². The summed E-state index contributed by atoms with van der Waals surface area (Å²) < 4.78 is 11.0. The third-order valence-corrected chi connectivity index (χ3v) is 5.63. The Hall–Kier alpha value is -4.13. The zero-order chi connectivity index (χ0) is 24.1. The molecule has 1 N–H and O–H groups in total. The average molecular weight is 459 g/mol. The molecule has 0 aliphatic carbocycles. The minimum absolute atomic E-state index is 0.0340. The zero-order valence-corrected chi connectivity index (χ0v) is 19.1. The summed E-state index contributed by atoms with van der Waals surface area (Å²) >= 11 is 0. The van der Waals surface area contributed by atoms with Crippen molar-refractivity contribution in [3.8, 4) is 11.5 Å². The van der Waals surface area contributed by atoms with Gasteiger partial charge in [0.15, 0.2) is 0 Å². The van der Waals surface area contributed by atoms with E-state index in [0.29, 0.717) is 29.2 Å². The normalized spacial score (nSPS) is 17.1. The topological polar surface area (TPSA) is 89.0 Å². The first-order valence-electron chi connectivity index (χ1n) is 11.1. The van der Waals surface area contributed by atoms with Gasteiger partial charge in [0, 0.05) is 24.5 Å². The van der Waals surface area contributed by atoms with Gasteiger partial charge in [-0.15, -0.1) is 0 Å². The molecular weight excluding hydrogens is 432 g/mol. The first-order chi connectivity index (χ1) is 16.5. The molecule has 1 aliphatic heterocycles. The number of amides is 1. The standard InChI is InChI=1S/C27H26N2O5/c1-3-14-34-22-8-4-7-20(15-22)24-23(25(30)19-9-11-21(33-2)12-10-19)26(31)27(32)29(24)17-18-6-5-13-28-16-18/h4-13,15-16,24,30H,3,14,17H2,1-2H3. The summed E-state index contributed by atoms with van der Waals surface area (Å²) in [6.45, 7) is 2.73. The number of hydrogen-bond acceptors (Lipinski definition) is 6. The van der Waals surface area contributed by atoms with E-state index in [0.717, 1.165) is 12.0 Å². The maximum atomic E-state index is 13.2. The van der Waals surface area contributed by atoms with Crippen LogP contribution in [-0.4, -0.2) is 40.4 Å². The monoisotopic (exact) mass is 458 g/mol. The van der Waals surface area contributed by atoms with E-state index in [1.165, 1.54) is 4.90 Å². The molecule has 34 heavy (non-hydrogen) atoms. The molecule has 3 aromatic rings. The van der Waals surface area contributed by atoms with E-state index in [1.54, 1.807) is 49.8 Å². The van der Waals surface area contributed by atoms with E-state index < -0.39 is 17.7 Å². The van der Waals surface area contributed by atoms with Crippen LogP contribution in [-0.2, 0) is 16.1 Å². The Bertz CT molecular complexity index is 1210. The zero-order valence-electron chi connectivity index (χ0n) is 19.1. The molecule has 1 amide bonds. The Labute approximate surface area is 198 Å². The number of carbonyl (C=O) groups is 2. The molecule has 1 saturated heterocycles. The van der Waals surface area contributed by atoms with Crippen molar-refractivity contribution in [3.63, 3.8) is 0 Å². The van der Waals surface area contributed by atoms with Crippen LogP contribution < -0.4 is 9.47 Å². The molecule has 1 atom stereocenters. The molecule has 2 heterocycles. The fourth-order valence-electron chi connectivity index (χ4n) is 3.98. The largest absolute Gasteiger partial charge is 0.507 e. The molecule has 0 spiro atoms. The number of aromatic nitrogens is 1. The van der Waals surface area contributed by atoms with Crippen LogP contribution in [0.15, 0.2) is 78.6 Å². The van der Waals surface area contributed by atoms with E-state index in [9.17, 15) is 14.7 Å². The van der Waals surface area contributed by atoms with Crippen LogP contribution in [0.3, 0.4) is 0 Å². The highest BCUT2D eigenvalue weighted by molar-refractivity contribution is 6.46. The highest BCUT2D eigenvalue weighted by atomic mass is 16.5. The number of Topliss-reactive ketones (excluding diaryl/α,β-unsaturated/α-hetero) is 1. The summed E-state index contributed by atoms with van der Waals surface area (Å²) in [6, 6.07) is 16.8. The number of ketones is 1. The van der Waals surface area contributed by atoms with Crippen molar-refractivity contribution in [1.29, 1.82) is 0 Å². The van der Waals surface area contributed by atoms with Gasteiger partial charge in [-0.05, 0) is 60.0 Å². The van der Waals surface area contributed by atoms with Gasteiger partial charge in [0.25, 0.3) is 11.7 Å². The average Bonchev–Trinajstić information content (AvgIpc) is 3.13. The first kappa shape index (κ1) is 23.0. The van der Waals surface area contributed by atoms with Crippen LogP contribution in [0.1, 0.15) is 36.1 Å². The summed E-state index contributed by atoms with van der Waals surface area (Å²) in [6.07, 6.45) is 4.15. The summed E-state index contributed by atoms with van der Waals surface area (Å²) in [5, 5.41) is 11.2. The number of methoxy groups -OCH3 is 1. The van der Waals surface area contributed by atoms with E-state index >= 15 is 0 Å². The maximum absolute atomic E-state index is 13.2. The molecule has 174 valence electrons. The molecule has 1 fully saturated rings. The Morgan fingerprint density at radius 3 is 2.53 bits per heavy atom. The highest BCUT2D eigenvalue weighted by Crippen LogP contribution is 2.41. The Morgan fingerprint density at radius 1 is 1.06 bits per heavy atom. The summed E-state index contributed by atoms with van der Waals surface area (Å²) in [5.74, 6) is -0.396. The van der Waals surface area contributed by atoms with E-state index in [2.05, 4.69) is 4.98 Å². The number of aliphatic hydroxyl groups is 1. The van der Waals surface area contributed by atoms with Crippen molar-refractivity contribution in [3.05, 3.63) is 95.3 Å². The lowest BCUT2D eigenvalue weighted by molar-refractivity contribution is -0.140. The van der Waals surface area contributed by atoms with Gasteiger partial charge in [0.1, 0.15) is 17.3 Å². The number of ether oxygens (including phenoxy) is 2. The second-order valence-electron chi connectivity index (χ2n) is 7.94. The lowest BCUT2D eigenvalue weighted by atomic mass is 9.95. The number of benzene rings is 2. The second kappa shape index (κ2) is 10.2. The van der Waals surface area contributed by atoms with Gasteiger partial charge in [-0.2, -0.15) is 0 Å². The molecule has 0 bridgehead atoms. The Balaban J connectivity index is 1.83. The molecule has 1 aromatic heterocycles. The third-order valence-electron chi connectivity index (χ3n) is 5.63. The lowest BCUT2D eigenvalue weighted by Gasteiger charge is -2.25. The summed E-state index contributed by atoms with van der Waals surface area (Å²) in [7, 11) is 1.55. The Kier molecular flexibility index (Phi) is 6.92. The number of pyridine rings is 1. The van der Waals surface area contributed by atoms with Crippen LogP contribution in [0.2, 0.25) is 0 Å². The second-order valence-corrected chi connectivity index (χ2v) is 7.94. The van der Waals surface area contributed by atoms with Gasteiger partial charge in [0.05, 0.1) is 25.3 Å². The predicted molar refractivity (Wildman–Crippen MR) is 127 cm³/mol. The van der Waals surface area contributed by atoms with Crippen molar-refractivity contribution in [2.75, 3.05) is 13.7 Å². The van der Waals surface area contributed by atoms with Gasteiger partial charge < -0.3 is 19.5 Å². The summed E-state index contributed by atoms with van der Waals surface area (Å²) in [5.41, 5.74) is 1.90. The molecule has 2 aromatic carbocycles. The predicted octanol–water partition coefficient (Wildman–Crippen LogP) is 4.50. The van der Waals surface area contributed by atoms with Crippen molar-refractivity contribution in [2.24, 2.45) is 0 Å². The number of carbonyl (C=O) groups excluding carboxylic acids is 2. The van der Waals surface area contributed by atoms with Gasteiger partial charge in [-0.1, -0.05) is 25.1 Å². The van der Waals surface area contributed by atoms with E-state index in [1.807, 2.05) is 37.3 Å². The fourth-order valence-corrected chi connectivity index (χ4v) is 3.98. The molecule has 4 rings (SSSR count). The minimum atomic E-state index is -0.785. The van der Waals surface area contributed by atoms with Crippen molar-refractivity contribution < 1.29 is 24.2 Å². The van der Waals surface area contributed by atoms with Crippen molar-refractivity contribution in [1.82, 2.24) is 9.88 Å². The quantitative estimate of drug-likeness (QED) is 0.304. The van der Waals surface area contributed by atoms with Crippen LogP contribution in [0, 0.1) is 0 Å². The van der Waals surface area contributed by atoms with Crippen molar-refractivity contribution >= 4 is 17.4 Å². The van der Waals surface area contributed by atoms with Crippen LogP contribution in [0.4, 0.5) is 0 Å². The van der Waals surface area contributed by atoms with Gasteiger partial charge in [0.2, 0.25) is 0 Å². The number of aliphatic hydroxyl groups excluding tert-OH is 1. The molecule has 7 heteroatoms. The molecular formula is C27H26N2O5. The number of likely N-dealkylation sites (tertiary alicyclic amines) is 1. The van der Waals surface area contributed by atoms with E-state index in [-0.39, 0.29) is 17.9 Å². The molecule has 0 radical (unpaired) electrons. The summed E-state index contributed by atoms with van der Waals surface area (Å²) in [4.78, 5) is 31.9. The number of nitrogens with zero attached hydrogens (tertiary/aromatic N) is 2. The maximum Gasteiger partial charge on any atom is 0.295 e. The minimum Gasteiger partial charge on any atom is -0.507 e. The molecule has 0 saturated carbocycles. The van der Waals surface area contributed by atoms with Crippen molar-refractivity contribution in [2.45, 2.75) is 25.9 Å². The van der Waals surface area contributed by atoms with Gasteiger partial charge in [-0.3, -0.25) is 14.6 Å². The van der Waals surface area contributed by atoms with Gasteiger partial charge >= 0.3 is 0 Å². The number of rotatable bonds is 8. The molecule has 1 unspecified atom stereocenters. The lowest BCUT2D eigenvalue weighted by Crippen LogP contribution is -2.29. The Morgan fingerprint density at radius 2 is 1.85 bits per heavy atom.